The molecule has 0 aliphatic carbocycles. The minimum Gasteiger partial charge on any atom is -0.346 e. The van der Waals surface area contributed by atoms with Crippen LogP contribution in [0.4, 0.5) is 4.39 Å². The molecule has 0 saturated heterocycles. The first-order valence-corrected chi connectivity index (χ1v) is 7.57. The summed E-state index contributed by atoms with van der Waals surface area (Å²) in [5, 5.41) is 2.83. The number of carbonyl (C=O) groups is 1. The predicted molar refractivity (Wildman–Crippen MR) is 91.5 cm³/mol. The Morgan fingerprint density at radius 2 is 1.83 bits per heavy atom. The average molecular weight is 321 g/mol. The number of nitrogens with zero attached hydrogens (tertiary/aromatic N) is 2. The Hall–Kier alpha value is -3.08. The highest BCUT2D eigenvalue weighted by molar-refractivity contribution is 5.92. The normalized spacial score (nSPS) is 12.4. The molecule has 3 rings (SSSR count). The number of fused-ring (bicyclic) bond motifs is 1. The van der Waals surface area contributed by atoms with Crippen LogP contribution < -0.4 is 5.32 Å². The van der Waals surface area contributed by atoms with E-state index in [0.29, 0.717) is 5.69 Å². The highest BCUT2D eigenvalue weighted by Gasteiger charge is 2.07. The van der Waals surface area contributed by atoms with E-state index in [1.54, 1.807) is 24.4 Å². The van der Waals surface area contributed by atoms with E-state index in [-0.39, 0.29) is 17.8 Å². The van der Waals surface area contributed by atoms with Gasteiger partial charge in [-0.1, -0.05) is 24.3 Å². The molecule has 24 heavy (non-hydrogen) atoms. The van der Waals surface area contributed by atoms with Crippen molar-refractivity contribution in [1.29, 1.82) is 0 Å². The number of benzene rings is 2. The van der Waals surface area contributed by atoms with Gasteiger partial charge < -0.3 is 5.32 Å². The first kappa shape index (κ1) is 15.8. The Balaban J connectivity index is 1.66. The largest absolute Gasteiger partial charge is 0.346 e. The fourth-order valence-corrected chi connectivity index (χ4v) is 2.31. The molecule has 0 spiro atoms. The topological polar surface area (TPSA) is 54.9 Å². The molecule has 0 bridgehead atoms. The molecule has 0 fully saturated rings. The van der Waals surface area contributed by atoms with Gasteiger partial charge in [0.2, 0.25) is 5.91 Å². The molecule has 5 heteroatoms. The van der Waals surface area contributed by atoms with Crippen molar-refractivity contribution in [1.82, 2.24) is 15.3 Å². The highest BCUT2D eigenvalue weighted by Crippen LogP contribution is 2.13. The zero-order valence-corrected chi connectivity index (χ0v) is 13.1. The molecule has 1 atom stereocenters. The molecule has 1 heterocycles. The van der Waals surface area contributed by atoms with Gasteiger partial charge in [0.1, 0.15) is 5.82 Å². The van der Waals surface area contributed by atoms with Crippen molar-refractivity contribution in [2.45, 2.75) is 13.0 Å². The maximum absolute atomic E-state index is 12.9. The van der Waals surface area contributed by atoms with Gasteiger partial charge in [-0.3, -0.25) is 9.78 Å². The fourth-order valence-electron chi connectivity index (χ4n) is 2.31. The zero-order chi connectivity index (χ0) is 16.9. The highest BCUT2D eigenvalue weighted by atomic mass is 19.1. The van der Waals surface area contributed by atoms with E-state index in [2.05, 4.69) is 15.3 Å². The first-order valence-electron chi connectivity index (χ1n) is 7.57. The van der Waals surface area contributed by atoms with Gasteiger partial charge in [0.15, 0.2) is 0 Å². The van der Waals surface area contributed by atoms with E-state index in [1.807, 2.05) is 31.2 Å². The molecule has 4 nitrogen and oxygen atoms in total. The van der Waals surface area contributed by atoms with Crippen LogP contribution in [0.15, 0.2) is 60.8 Å². The monoisotopic (exact) mass is 321 g/mol. The maximum atomic E-state index is 12.9. The number of hydrogen-bond acceptors (Lipinski definition) is 3. The molecule has 0 aliphatic heterocycles. The molecule has 1 unspecified atom stereocenters. The van der Waals surface area contributed by atoms with Gasteiger partial charge in [0.05, 0.1) is 29.0 Å². The Labute approximate surface area is 139 Å². The van der Waals surface area contributed by atoms with Gasteiger partial charge in [-0.2, -0.15) is 0 Å². The van der Waals surface area contributed by atoms with Crippen LogP contribution in [0.5, 0.6) is 0 Å². The van der Waals surface area contributed by atoms with Gasteiger partial charge in [0, 0.05) is 6.08 Å². The lowest BCUT2D eigenvalue weighted by Crippen LogP contribution is -2.24. The summed E-state index contributed by atoms with van der Waals surface area (Å²) in [5.74, 6) is -0.547. The Kier molecular flexibility index (Phi) is 4.61. The van der Waals surface area contributed by atoms with Crippen molar-refractivity contribution in [2.24, 2.45) is 0 Å². The zero-order valence-electron chi connectivity index (χ0n) is 13.1. The molecule has 1 N–H and O–H groups in total. The second-order valence-corrected chi connectivity index (χ2v) is 5.40. The van der Waals surface area contributed by atoms with E-state index in [9.17, 15) is 9.18 Å². The molecule has 120 valence electrons. The Bertz CT molecular complexity index is 891. The smallest absolute Gasteiger partial charge is 0.244 e. The Morgan fingerprint density at radius 1 is 1.12 bits per heavy atom. The number of rotatable bonds is 4. The lowest BCUT2D eigenvalue weighted by Gasteiger charge is -2.12. The van der Waals surface area contributed by atoms with Crippen molar-refractivity contribution in [3.05, 3.63) is 77.9 Å². The summed E-state index contributed by atoms with van der Waals surface area (Å²) in [5.41, 5.74) is 3.03. The molecular weight excluding hydrogens is 305 g/mol. The lowest BCUT2D eigenvalue weighted by atomic mass is 10.1. The van der Waals surface area contributed by atoms with Crippen LogP contribution >= 0.6 is 0 Å². The molecule has 1 aromatic heterocycles. The molecule has 1 amide bonds. The first-order chi connectivity index (χ1) is 11.6. The Morgan fingerprint density at radius 3 is 2.58 bits per heavy atom. The van der Waals surface area contributed by atoms with Crippen LogP contribution in [0.1, 0.15) is 24.2 Å². The van der Waals surface area contributed by atoms with Crippen molar-refractivity contribution < 1.29 is 9.18 Å². The number of hydrogen-bond donors (Lipinski definition) is 1. The number of carbonyl (C=O) groups excluding carboxylic acids is 1. The van der Waals surface area contributed by atoms with Crippen molar-refractivity contribution in [3.8, 4) is 0 Å². The van der Waals surface area contributed by atoms with Crippen LogP contribution in [-0.4, -0.2) is 15.9 Å². The molecule has 3 aromatic rings. The predicted octanol–water partition coefficient (Wildman–Crippen LogP) is 3.66. The summed E-state index contributed by atoms with van der Waals surface area (Å²) >= 11 is 0. The number of amides is 1. The molecule has 2 aromatic carbocycles. The van der Waals surface area contributed by atoms with Gasteiger partial charge >= 0.3 is 0 Å². The SMILES string of the molecule is CC(NC(=O)/C=C/c1cnc2ccccc2n1)c1ccc(F)cc1. The second-order valence-electron chi connectivity index (χ2n) is 5.40. The minimum absolute atomic E-state index is 0.217. The van der Waals surface area contributed by atoms with Gasteiger partial charge in [-0.15, -0.1) is 0 Å². The summed E-state index contributed by atoms with van der Waals surface area (Å²) < 4.78 is 12.9. The van der Waals surface area contributed by atoms with E-state index in [0.717, 1.165) is 16.6 Å². The summed E-state index contributed by atoms with van der Waals surface area (Å²) in [7, 11) is 0. The van der Waals surface area contributed by atoms with Gasteiger partial charge in [0.25, 0.3) is 0 Å². The van der Waals surface area contributed by atoms with Crippen molar-refractivity contribution in [2.75, 3.05) is 0 Å². The summed E-state index contributed by atoms with van der Waals surface area (Å²) in [6, 6.07) is 13.4. The van der Waals surface area contributed by atoms with E-state index >= 15 is 0 Å². The number of halogens is 1. The van der Waals surface area contributed by atoms with E-state index in [4.69, 9.17) is 0 Å². The van der Waals surface area contributed by atoms with Gasteiger partial charge in [-0.05, 0) is 42.8 Å². The molecule has 0 radical (unpaired) electrons. The van der Waals surface area contributed by atoms with Crippen molar-refractivity contribution in [3.63, 3.8) is 0 Å². The van der Waals surface area contributed by atoms with Crippen molar-refractivity contribution >= 4 is 23.0 Å². The second kappa shape index (κ2) is 7.00. The standard InChI is InChI=1S/C19H16FN3O/c1-13(14-6-8-15(20)9-7-14)22-19(24)11-10-16-12-21-17-4-2-3-5-18(17)23-16/h2-13H,1H3,(H,22,24)/b11-10+. The lowest BCUT2D eigenvalue weighted by molar-refractivity contribution is -0.117. The van der Waals surface area contributed by atoms with E-state index < -0.39 is 0 Å². The number of nitrogens with one attached hydrogen (secondary N) is 1. The third-order valence-electron chi connectivity index (χ3n) is 3.60. The van der Waals surface area contributed by atoms with Crippen LogP contribution in [0, 0.1) is 5.82 Å². The van der Waals surface area contributed by atoms with Crippen LogP contribution in [-0.2, 0) is 4.79 Å². The number of para-hydroxylation sites is 2. The fraction of sp³-hybridized carbons (Fsp3) is 0.105. The molecule has 0 aliphatic rings. The molecule has 0 saturated carbocycles. The number of aromatic nitrogens is 2. The third-order valence-corrected chi connectivity index (χ3v) is 3.60. The summed E-state index contributed by atoms with van der Waals surface area (Å²) in [4.78, 5) is 20.7. The van der Waals surface area contributed by atoms with Crippen LogP contribution in [0.2, 0.25) is 0 Å². The quantitative estimate of drug-likeness (QED) is 0.746. The van der Waals surface area contributed by atoms with Gasteiger partial charge in [-0.25, -0.2) is 9.37 Å². The maximum Gasteiger partial charge on any atom is 0.244 e. The molecular formula is C19H16FN3O. The average Bonchev–Trinajstić information content (AvgIpc) is 2.60. The van der Waals surface area contributed by atoms with Crippen LogP contribution in [0.3, 0.4) is 0 Å². The summed E-state index contributed by atoms with van der Waals surface area (Å²) in [6.07, 6.45) is 4.65. The third kappa shape index (κ3) is 3.81. The summed E-state index contributed by atoms with van der Waals surface area (Å²) in [6.45, 7) is 1.84. The van der Waals surface area contributed by atoms with Crippen LogP contribution in [0.25, 0.3) is 17.1 Å². The van der Waals surface area contributed by atoms with E-state index in [1.165, 1.54) is 18.2 Å². The minimum atomic E-state index is -0.299.